The molecule has 0 saturated heterocycles. The molecule has 0 aliphatic heterocycles. The maximum absolute atomic E-state index is 6.18. The topological polar surface area (TPSA) is 27.7 Å². The van der Waals surface area contributed by atoms with Crippen molar-refractivity contribution >= 4 is 9.85 Å². The third-order valence-electron chi connectivity index (χ3n) is 1.35. The molecule has 0 aromatic rings. The van der Waals surface area contributed by atoms with Crippen LogP contribution in [-0.4, -0.2) is 19.8 Å². The molecule has 0 bridgehead atoms. The molecule has 3 nitrogen and oxygen atoms in total. The monoisotopic (exact) mass is 263 g/mol. The SMILES string of the molecule is CCC[O][V]([Cl])([O]CCC)[O]CCC. The van der Waals surface area contributed by atoms with E-state index in [2.05, 4.69) is 0 Å². The van der Waals surface area contributed by atoms with Gasteiger partial charge in [-0.25, -0.2) is 0 Å². The van der Waals surface area contributed by atoms with Gasteiger partial charge in [-0.1, -0.05) is 0 Å². The molecule has 0 aromatic heterocycles. The van der Waals surface area contributed by atoms with E-state index in [1.165, 1.54) is 0 Å². The average Bonchev–Trinajstić information content (AvgIpc) is 2.21. The van der Waals surface area contributed by atoms with Crippen LogP contribution in [0.5, 0.6) is 0 Å². The van der Waals surface area contributed by atoms with E-state index in [9.17, 15) is 0 Å². The molecule has 0 atom stereocenters. The summed E-state index contributed by atoms with van der Waals surface area (Å²) in [5.74, 6) is 0. The van der Waals surface area contributed by atoms with E-state index in [0.717, 1.165) is 19.3 Å². The van der Waals surface area contributed by atoms with Gasteiger partial charge in [-0.2, -0.15) is 0 Å². The molecule has 0 N–H and O–H groups in total. The molecule has 0 heterocycles. The summed E-state index contributed by atoms with van der Waals surface area (Å²) in [6.45, 7) is 7.96. The number of hydrogen-bond donors (Lipinski definition) is 0. The molecule has 0 spiro atoms. The van der Waals surface area contributed by atoms with Crippen molar-refractivity contribution in [1.29, 1.82) is 0 Å². The van der Waals surface area contributed by atoms with E-state index in [1.807, 2.05) is 20.8 Å². The second-order valence-corrected chi connectivity index (χ2v) is 7.19. The molecule has 0 rings (SSSR count). The van der Waals surface area contributed by atoms with E-state index in [0.29, 0.717) is 19.8 Å². The third kappa shape index (κ3) is 7.10. The summed E-state index contributed by atoms with van der Waals surface area (Å²) in [5, 5.41) is 0. The molecular weight excluding hydrogens is 242 g/mol. The van der Waals surface area contributed by atoms with Crippen molar-refractivity contribution in [3.8, 4) is 0 Å². The Morgan fingerprint density at radius 3 is 1.29 bits per heavy atom. The molecule has 0 amide bonds. The fourth-order valence-corrected chi connectivity index (χ4v) is 3.79. The van der Waals surface area contributed by atoms with Gasteiger partial charge >= 0.3 is 94.8 Å². The number of rotatable bonds is 9. The van der Waals surface area contributed by atoms with Gasteiger partial charge in [0, 0.05) is 0 Å². The summed E-state index contributed by atoms with van der Waals surface area (Å²) in [6, 6.07) is 0. The fourth-order valence-electron chi connectivity index (χ4n) is 0.713. The summed E-state index contributed by atoms with van der Waals surface area (Å²) in [7, 11) is 6.18. The van der Waals surface area contributed by atoms with Gasteiger partial charge in [-0.15, -0.1) is 0 Å². The van der Waals surface area contributed by atoms with Gasteiger partial charge in [0.2, 0.25) is 0 Å². The van der Waals surface area contributed by atoms with Gasteiger partial charge in [-0.05, 0) is 0 Å². The van der Waals surface area contributed by atoms with Crippen molar-refractivity contribution < 1.29 is 25.1 Å². The predicted octanol–water partition coefficient (Wildman–Crippen LogP) is 3.32. The second-order valence-electron chi connectivity index (χ2n) is 2.93. The molecule has 0 aliphatic carbocycles. The predicted molar refractivity (Wildman–Crippen MR) is 54.6 cm³/mol. The van der Waals surface area contributed by atoms with Crippen LogP contribution in [0.4, 0.5) is 0 Å². The van der Waals surface area contributed by atoms with Crippen molar-refractivity contribution in [2.45, 2.75) is 40.0 Å². The van der Waals surface area contributed by atoms with Gasteiger partial charge in [0.25, 0.3) is 0 Å². The van der Waals surface area contributed by atoms with Crippen LogP contribution in [0.2, 0.25) is 0 Å². The van der Waals surface area contributed by atoms with Crippen LogP contribution in [0.3, 0.4) is 0 Å². The summed E-state index contributed by atoms with van der Waals surface area (Å²) >= 11 is -3.19. The molecule has 0 fully saturated rings. The molecule has 14 heavy (non-hydrogen) atoms. The van der Waals surface area contributed by atoms with Gasteiger partial charge in [0.05, 0.1) is 0 Å². The zero-order valence-corrected chi connectivity index (χ0v) is 11.4. The Morgan fingerprint density at radius 2 is 1.07 bits per heavy atom. The molecular formula is C9H21ClO3V. The van der Waals surface area contributed by atoms with E-state index >= 15 is 0 Å². The van der Waals surface area contributed by atoms with Crippen LogP contribution in [0.1, 0.15) is 40.0 Å². The average molecular weight is 264 g/mol. The number of halogens is 1. The van der Waals surface area contributed by atoms with Gasteiger partial charge in [0.1, 0.15) is 0 Å². The molecule has 0 saturated carbocycles. The van der Waals surface area contributed by atoms with Gasteiger partial charge in [0.15, 0.2) is 0 Å². The summed E-state index contributed by atoms with van der Waals surface area (Å²) in [5.41, 5.74) is 0. The molecule has 0 unspecified atom stereocenters. The Kier molecular flexibility index (Phi) is 9.50. The normalized spacial score (nSPS) is 12.0. The van der Waals surface area contributed by atoms with Crippen LogP contribution in [0, 0.1) is 0 Å². The first-order chi connectivity index (χ1) is 6.68. The molecule has 87 valence electrons. The quantitative estimate of drug-likeness (QED) is 0.639. The molecule has 0 aliphatic rings. The van der Waals surface area contributed by atoms with Crippen molar-refractivity contribution in [2.24, 2.45) is 0 Å². The Hall–Kier alpha value is 0.754. The zero-order chi connectivity index (χ0) is 10.9. The van der Waals surface area contributed by atoms with Crippen molar-refractivity contribution in [3.05, 3.63) is 0 Å². The Balaban J connectivity index is 3.89. The molecule has 0 aromatic carbocycles. The first kappa shape index (κ1) is 14.8. The maximum atomic E-state index is 6.18. The Bertz CT molecular complexity index is 113. The van der Waals surface area contributed by atoms with E-state index < -0.39 is 14.1 Å². The van der Waals surface area contributed by atoms with Gasteiger partial charge < -0.3 is 0 Å². The Labute approximate surface area is 94.9 Å². The van der Waals surface area contributed by atoms with Crippen LogP contribution in [-0.2, 0) is 25.1 Å². The van der Waals surface area contributed by atoms with E-state index in [-0.39, 0.29) is 0 Å². The molecule has 0 radical (unpaired) electrons. The molecule has 5 heteroatoms. The van der Waals surface area contributed by atoms with Crippen LogP contribution >= 0.6 is 9.85 Å². The van der Waals surface area contributed by atoms with Crippen molar-refractivity contribution in [2.75, 3.05) is 19.8 Å². The minimum absolute atomic E-state index is 0.615. The standard InChI is InChI=1S/3C3H7O.ClH.V/c3*1-2-3-4;;/h3*2-3H2,1H3;1H;/q3*-1;;+4/p-1. The summed E-state index contributed by atoms with van der Waals surface area (Å²) < 4.78 is 16.4. The van der Waals surface area contributed by atoms with Crippen molar-refractivity contribution in [1.82, 2.24) is 0 Å². The van der Waals surface area contributed by atoms with Crippen molar-refractivity contribution in [3.63, 3.8) is 0 Å². The van der Waals surface area contributed by atoms with E-state index in [4.69, 9.17) is 20.8 Å². The minimum atomic E-state index is -3.19. The summed E-state index contributed by atoms with van der Waals surface area (Å²) in [4.78, 5) is 0. The Morgan fingerprint density at radius 1 is 0.786 bits per heavy atom. The van der Waals surface area contributed by atoms with Crippen LogP contribution in [0.25, 0.3) is 0 Å². The summed E-state index contributed by atoms with van der Waals surface area (Å²) in [6.07, 6.45) is 2.79. The van der Waals surface area contributed by atoms with Crippen LogP contribution in [0.15, 0.2) is 0 Å². The van der Waals surface area contributed by atoms with Gasteiger partial charge in [-0.3, -0.25) is 0 Å². The zero-order valence-electron chi connectivity index (χ0n) is 9.29. The van der Waals surface area contributed by atoms with E-state index in [1.54, 1.807) is 0 Å². The second kappa shape index (κ2) is 9.01. The first-order valence-corrected chi connectivity index (χ1v) is 8.84. The van der Waals surface area contributed by atoms with Crippen LogP contribution < -0.4 is 0 Å². The first-order valence-electron chi connectivity index (χ1n) is 5.20. The third-order valence-corrected chi connectivity index (χ3v) is 4.86. The number of hydrogen-bond acceptors (Lipinski definition) is 3. The fraction of sp³-hybridized carbons (Fsp3) is 1.00.